The molecule has 0 aliphatic heterocycles. The molecule has 4 rings (SSSR count). The first-order valence-corrected chi connectivity index (χ1v) is 9.92. The number of rotatable bonds is 4. The molecule has 4 nitrogen and oxygen atoms in total. The summed E-state index contributed by atoms with van der Waals surface area (Å²) >= 11 is 6.24. The molecule has 27 heavy (non-hydrogen) atoms. The van der Waals surface area contributed by atoms with Crippen LogP contribution in [0.25, 0.3) is 22.4 Å². The summed E-state index contributed by atoms with van der Waals surface area (Å²) in [6.07, 6.45) is 8.49. The largest absolute Gasteiger partial charge is 0.306 e. The van der Waals surface area contributed by atoms with Gasteiger partial charge in [-0.2, -0.15) is 5.10 Å². The van der Waals surface area contributed by atoms with E-state index in [2.05, 4.69) is 47.3 Å². The Morgan fingerprint density at radius 3 is 2.41 bits per heavy atom. The Bertz CT molecular complexity index is 896. The van der Waals surface area contributed by atoms with Crippen molar-refractivity contribution in [1.82, 2.24) is 20.1 Å². The topological polar surface area (TPSA) is 44.8 Å². The smallest absolute Gasteiger partial charge is 0.100 e. The summed E-state index contributed by atoms with van der Waals surface area (Å²) in [5.41, 5.74) is 5.59. The number of nitrogens with one attached hydrogen (secondary N) is 1. The second kappa shape index (κ2) is 7.83. The minimum atomic E-state index is 0.504. The zero-order valence-electron chi connectivity index (χ0n) is 15.8. The number of aromatic nitrogens is 3. The Morgan fingerprint density at radius 1 is 1.00 bits per heavy atom. The van der Waals surface area contributed by atoms with Crippen LogP contribution in [0, 0.1) is 0 Å². The van der Waals surface area contributed by atoms with Crippen molar-refractivity contribution in [3.8, 4) is 22.4 Å². The number of halogens is 1. The van der Waals surface area contributed by atoms with Gasteiger partial charge in [0.1, 0.15) is 5.69 Å². The van der Waals surface area contributed by atoms with Crippen molar-refractivity contribution in [3.05, 3.63) is 59.5 Å². The van der Waals surface area contributed by atoms with Crippen LogP contribution in [0.2, 0.25) is 5.02 Å². The van der Waals surface area contributed by atoms with Crippen LogP contribution in [0.5, 0.6) is 0 Å². The van der Waals surface area contributed by atoms with Crippen LogP contribution < -0.4 is 0 Å². The molecular weight excluding hydrogens is 356 g/mol. The summed E-state index contributed by atoms with van der Waals surface area (Å²) in [6, 6.07) is 12.7. The zero-order chi connectivity index (χ0) is 18.8. The minimum Gasteiger partial charge on any atom is -0.306 e. The first-order chi connectivity index (χ1) is 13.1. The van der Waals surface area contributed by atoms with Gasteiger partial charge in [0.25, 0.3) is 0 Å². The molecule has 1 aliphatic rings. The maximum absolute atomic E-state index is 6.24. The lowest BCUT2D eigenvalue weighted by Crippen LogP contribution is -2.31. The van der Waals surface area contributed by atoms with E-state index in [0.717, 1.165) is 21.8 Å². The molecule has 1 fully saturated rings. The summed E-state index contributed by atoms with van der Waals surface area (Å²) in [6.45, 7) is 0. The Labute approximate surface area is 165 Å². The van der Waals surface area contributed by atoms with E-state index >= 15 is 0 Å². The Kier molecular flexibility index (Phi) is 5.28. The van der Waals surface area contributed by atoms with E-state index in [0.29, 0.717) is 12.0 Å². The monoisotopic (exact) mass is 380 g/mol. The molecule has 0 spiro atoms. The van der Waals surface area contributed by atoms with Gasteiger partial charge in [-0.05, 0) is 69.6 Å². The number of nitrogens with zero attached hydrogens (tertiary/aromatic N) is 3. The van der Waals surface area contributed by atoms with Crippen LogP contribution in [0.3, 0.4) is 0 Å². The molecule has 1 N–H and O–H groups in total. The van der Waals surface area contributed by atoms with E-state index < -0.39 is 0 Å². The first kappa shape index (κ1) is 18.2. The standard InChI is InChI=1S/C22H25ClN4/c1-27(2)19-8-6-16(7-9-19)21-20(15-10-12-24-13-11-15)22(26-25-21)17-4-3-5-18(23)14-17/h3-5,10-14,16,19H,6-9H2,1-2H3,(H,25,26). The highest BCUT2D eigenvalue weighted by Gasteiger charge is 2.28. The Hall–Kier alpha value is -2.17. The summed E-state index contributed by atoms with van der Waals surface area (Å²) in [5.74, 6) is 0.504. The highest BCUT2D eigenvalue weighted by atomic mass is 35.5. The third-order valence-corrected chi connectivity index (χ3v) is 5.93. The molecule has 2 heterocycles. The lowest BCUT2D eigenvalue weighted by atomic mass is 9.81. The quantitative estimate of drug-likeness (QED) is 0.660. The van der Waals surface area contributed by atoms with Gasteiger partial charge in [0, 0.05) is 46.2 Å². The van der Waals surface area contributed by atoms with Crippen molar-refractivity contribution in [3.63, 3.8) is 0 Å². The molecule has 2 aromatic heterocycles. The van der Waals surface area contributed by atoms with Crippen LogP contribution in [-0.4, -0.2) is 40.2 Å². The van der Waals surface area contributed by atoms with Gasteiger partial charge in [0.2, 0.25) is 0 Å². The molecular formula is C22H25ClN4. The molecule has 0 radical (unpaired) electrons. The fraction of sp³-hybridized carbons (Fsp3) is 0.364. The van der Waals surface area contributed by atoms with E-state index in [1.165, 1.54) is 36.9 Å². The molecule has 0 unspecified atom stereocenters. The van der Waals surface area contributed by atoms with E-state index in [9.17, 15) is 0 Å². The predicted molar refractivity (Wildman–Crippen MR) is 111 cm³/mol. The van der Waals surface area contributed by atoms with Crippen molar-refractivity contribution in [2.75, 3.05) is 14.1 Å². The molecule has 0 amide bonds. The first-order valence-electron chi connectivity index (χ1n) is 9.54. The lowest BCUT2D eigenvalue weighted by molar-refractivity contribution is 0.215. The van der Waals surface area contributed by atoms with Gasteiger partial charge in [0.05, 0.1) is 0 Å². The third kappa shape index (κ3) is 3.78. The number of benzene rings is 1. The minimum absolute atomic E-state index is 0.504. The number of H-pyrrole nitrogens is 1. The van der Waals surface area contributed by atoms with Crippen LogP contribution in [-0.2, 0) is 0 Å². The zero-order valence-corrected chi connectivity index (χ0v) is 16.6. The summed E-state index contributed by atoms with van der Waals surface area (Å²) in [5, 5.41) is 8.82. The normalized spacial score (nSPS) is 20.1. The highest BCUT2D eigenvalue weighted by molar-refractivity contribution is 6.30. The number of hydrogen-bond donors (Lipinski definition) is 1. The van der Waals surface area contributed by atoms with Crippen LogP contribution in [0.4, 0.5) is 0 Å². The van der Waals surface area contributed by atoms with Crippen molar-refractivity contribution < 1.29 is 0 Å². The average Bonchev–Trinajstić information content (AvgIpc) is 3.14. The molecule has 0 bridgehead atoms. The van der Waals surface area contributed by atoms with Gasteiger partial charge in [-0.3, -0.25) is 10.1 Å². The number of pyridine rings is 1. The Balaban J connectivity index is 1.75. The molecule has 0 saturated heterocycles. The predicted octanol–water partition coefficient (Wildman–Crippen LogP) is 5.38. The lowest BCUT2D eigenvalue weighted by Gasteiger charge is -2.32. The molecule has 1 saturated carbocycles. The number of aromatic amines is 1. The second-order valence-corrected chi connectivity index (χ2v) is 8.01. The van der Waals surface area contributed by atoms with Crippen molar-refractivity contribution >= 4 is 11.6 Å². The van der Waals surface area contributed by atoms with Gasteiger partial charge in [0.15, 0.2) is 0 Å². The average molecular weight is 381 g/mol. The van der Waals surface area contributed by atoms with E-state index in [1.807, 2.05) is 30.6 Å². The van der Waals surface area contributed by atoms with E-state index in [4.69, 9.17) is 16.7 Å². The molecule has 3 aromatic rings. The third-order valence-electron chi connectivity index (χ3n) is 5.70. The maximum atomic E-state index is 6.24. The summed E-state index contributed by atoms with van der Waals surface area (Å²) in [7, 11) is 4.36. The SMILES string of the molecule is CN(C)C1CCC(c2[nH]nc(-c3cccc(Cl)c3)c2-c2ccncc2)CC1. The van der Waals surface area contributed by atoms with Crippen molar-refractivity contribution in [2.24, 2.45) is 0 Å². The fourth-order valence-electron chi connectivity index (χ4n) is 4.19. The van der Waals surface area contributed by atoms with Gasteiger partial charge in [-0.1, -0.05) is 23.7 Å². The molecule has 1 aromatic carbocycles. The molecule has 140 valence electrons. The van der Waals surface area contributed by atoms with Crippen LogP contribution in [0.1, 0.15) is 37.3 Å². The van der Waals surface area contributed by atoms with Gasteiger partial charge < -0.3 is 4.90 Å². The van der Waals surface area contributed by atoms with Crippen LogP contribution in [0.15, 0.2) is 48.8 Å². The number of hydrogen-bond acceptors (Lipinski definition) is 3. The van der Waals surface area contributed by atoms with Crippen molar-refractivity contribution in [1.29, 1.82) is 0 Å². The van der Waals surface area contributed by atoms with E-state index in [1.54, 1.807) is 0 Å². The highest BCUT2D eigenvalue weighted by Crippen LogP contribution is 2.42. The summed E-state index contributed by atoms with van der Waals surface area (Å²) in [4.78, 5) is 6.54. The summed E-state index contributed by atoms with van der Waals surface area (Å²) < 4.78 is 0. The van der Waals surface area contributed by atoms with Gasteiger partial charge >= 0.3 is 0 Å². The molecule has 1 aliphatic carbocycles. The van der Waals surface area contributed by atoms with Crippen molar-refractivity contribution in [2.45, 2.75) is 37.6 Å². The molecule has 0 atom stereocenters. The van der Waals surface area contributed by atoms with Gasteiger partial charge in [-0.25, -0.2) is 0 Å². The Morgan fingerprint density at radius 2 is 1.74 bits per heavy atom. The fourth-order valence-corrected chi connectivity index (χ4v) is 4.38. The second-order valence-electron chi connectivity index (χ2n) is 7.58. The maximum Gasteiger partial charge on any atom is 0.100 e. The van der Waals surface area contributed by atoms with Gasteiger partial charge in [-0.15, -0.1) is 0 Å². The van der Waals surface area contributed by atoms with E-state index in [-0.39, 0.29) is 0 Å². The van der Waals surface area contributed by atoms with Crippen LogP contribution >= 0.6 is 11.6 Å². The molecule has 5 heteroatoms.